The van der Waals surface area contributed by atoms with Crippen LogP contribution in [0.1, 0.15) is 37.2 Å². The predicted molar refractivity (Wildman–Crippen MR) is 136 cm³/mol. The van der Waals surface area contributed by atoms with Gasteiger partial charge in [-0.3, -0.25) is 19.9 Å². The molecule has 1 aromatic carbocycles. The Bertz CT molecular complexity index is 1320. The van der Waals surface area contributed by atoms with Crippen molar-refractivity contribution < 1.29 is 1.43 Å². The molecule has 0 N–H and O–H groups in total. The van der Waals surface area contributed by atoms with Crippen LogP contribution >= 0.6 is 0 Å². The standard InChI is InChI=1S/C28H29N5.H2/c1-28(33-15-13-32(2)14-16-33)9-7-20(8-10-28)22-17-24-23(4-6-25(24)31-19-22)21-3-5-26-27(18-21)30-12-11-29-26;/h3-5,7-9,11-12,17-19H,6,10,13-16H2,1-2H3;1H. The van der Waals surface area contributed by atoms with Crippen molar-refractivity contribution in [2.24, 2.45) is 0 Å². The Kier molecular flexibility index (Phi) is 4.97. The molecule has 2 aliphatic carbocycles. The van der Waals surface area contributed by atoms with Crippen LogP contribution in [0.15, 0.2) is 67.2 Å². The van der Waals surface area contributed by atoms with Crippen LogP contribution in [0.2, 0.25) is 0 Å². The average molecular weight is 438 g/mol. The van der Waals surface area contributed by atoms with Crippen LogP contribution in [0, 0.1) is 0 Å². The molecule has 0 spiro atoms. The molecule has 1 atom stereocenters. The van der Waals surface area contributed by atoms with Gasteiger partial charge in [0.05, 0.1) is 16.7 Å². The zero-order valence-electron chi connectivity index (χ0n) is 19.3. The zero-order chi connectivity index (χ0) is 22.4. The van der Waals surface area contributed by atoms with Crippen molar-refractivity contribution in [1.29, 1.82) is 0 Å². The number of hydrogen-bond acceptors (Lipinski definition) is 5. The van der Waals surface area contributed by atoms with E-state index in [0.717, 1.165) is 55.7 Å². The van der Waals surface area contributed by atoms with E-state index in [-0.39, 0.29) is 6.97 Å². The van der Waals surface area contributed by atoms with Crippen LogP contribution < -0.4 is 0 Å². The Labute approximate surface area is 196 Å². The smallest absolute Gasteiger partial charge is 0.0892 e. The number of aromatic nitrogens is 3. The molecule has 3 aromatic rings. The summed E-state index contributed by atoms with van der Waals surface area (Å²) >= 11 is 0. The normalized spacial score (nSPS) is 23.5. The molecule has 1 aliphatic heterocycles. The van der Waals surface area contributed by atoms with Crippen molar-refractivity contribution >= 4 is 22.2 Å². The lowest BCUT2D eigenvalue weighted by molar-refractivity contribution is 0.0804. The third-order valence-electron chi connectivity index (χ3n) is 7.46. The highest BCUT2D eigenvalue weighted by Gasteiger charge is 2.32. The largest absolute Gasteiger partial charge is 0.304 e. The first-order valence-electron chi connectivity index (χ1n) is 11.8. The summed E-state index contributed by atoms with van der Waals surface area (Å²) < 4.78 is 0. The van der Waals surface area contributed by atoms with E-state index < -0.39 is 0 Å². The second kappa shape index (κ2) is 8.01. The molecular weight excluding hydrogens is 406 g/mol. The summed E-state index contributed by atoms with van der Waals surface area (Å²) in [5.74, 6) is 0. The zero-order valence-corrected chi connectivity index (χ0v) is 19.3. The fraction of sp³-hybridized carbons (Fsp3) is 0.321. The molecule has 3 heterocycles. The summed E-state index contributed by atoms with van der Waals surface area (Å²) in [4.78, 5) is 18.8. The number of rotatable bonds is 3. The lowest BCUT2D eigenvalue weighted by Crippen LogP contribution is -2.54. The van der Waals surface area contributed by atoms with Crippen molar-refractivity contribution in [3.8, 4) is 0 Å². The SMILES string of the molecule is CN1CCN(C2(C)C=CC(c3cnc4c(c3)C(c3ccc5nccnc5c3)=CC4)=CC2)CC1.[HH]. The second-order valence-corrected chi connectivity index (χ2v) is 9.64. The van der Waals surface area contributed by atoms with Gasteiger partial charge in [-0.25, -0.2) is 0 Å². The van der Waals surface area contributed by atoms with Gasteiger partial charge in [-0.1, -0.05) is 30.4 Å². The van der Waals surface area contributed by atoms with Crippen molar-refractivity contribution in [2.45, 2.75) is 25.3 Å². The Morgan fingerprint density at radius 3 is 2.52 bits per heavy atom. The number of allylic oxidation sites excluding steroid dienone is 3. The molecule has 33 heavy (non-hydrogen) atoms. The van der Waals surface area contributed by atoms with Gasteiger partial charge in [0.1, 0.15) is 0 Å². The molecule has 5 nitrogen and oxygen atoms in total. The van der Waals surface area contributed by atoms with Crippen LogP contribution in [0.25, 0.3) is 22.2 Å². The molecule has 0 bridgehead atoms. The highest BCUT2D eigenvalue weighted by atomic mass is 15.3. The molecule has 0 radical (unpaired) electrons. The lowest BCUT2D eigenvalue weighted by atomic mass is 9.86. The van der Waals surface area contributed by atoms with Gasteiger partial charge in [0.25, 0.3) is 0 Å². The number of benzene rings is 1. The molecule has 168 valence electrons. The Morgan fingerprint density at radius 1 is 0.909 bits per heavy atom. The van der Waals surface area contributed by atoms with E-state index in [1.165, 1.54) is 27.8 Å². The minimum Gasteiger partial charge on any atom is -0.304 e. The molecule has 3 aliphatic rings. The van der Waals surface area contributed by atoms with Gasteiger partial charge < -0.3 is 4.90 Å². The van der Waals surface area contributed by atoms with E-state index in [0.29, 0.717) is 0 Å². The first-order chi connectivity index (χ1) is 16.1. The van der Waals surface area contributed by atoms with Crippen LogP contribution in [-0.2, 0) is 6.42 Å². The molecule has 1 fully saturated rings. The van der Waals surface area contributed by atoms with Gasteiger partial charge in [-0.05, 0) is 55.3 Å². The fourth-order valence-corrected chi connectivity index (χ4v) is 5.25. The maximum absolute atomic E-state index is 4.84. The number of hydrogen-bond donors (Lipinski definition) is 0. The molecule has 0 saturated carbocycles. The van der Waals surface area contributed by atoms with Crippen molar-refractivity contribution in [2.75, 3.05) is 33.2 Å². The summed E-state index contributed by atoms with van der Waals surface area (Å²) in [7, 11) is 2.21. The van der Waals surface area contributed by atoms with Crippen LogP contribution in [-0.4, -0.2) is 63.5 Å². The minimum atomic E-state index is 0. The third kappa shape index (κ3) is 3.71. The summed E-state index contributed by atoms with van der Waals surface area (Å²) in [6.45, 7) is 6.91. The highest BCUT2D eigenvalue weighted by Crippen LogP contribution is 2.36. The van der Waals surface area contributed by atoms with Crippen LogP contribution in [0.3, 0.4) is 0 Å². The predicted octanol–water partition coefficient (Wildman–Crippen LogP) is 4.61. The maximum atomic E-state index is 4.84. The molecule has 6 rings (SSSR count). The Balaban J connectivity index is 0.00000241. The molecule has 2 aromatic heterocycles. The Hall–Kier alpha value is -3.15. The van der Waals surface area contributed by atoms with E-state index in [1.54, 1.807) is 12.4 Å². The molecule has 5 heteroatoms. The van der Waals surface area contributed by atoms with Crippen LogP contribution in [0.5, 0.6) is 0 Å². The van der Waals surface area contributed by atoms with E-state index in [2.05, 4.69) is 82.3 Å². The minimum absolute atomic E-state index is 0. The highest BCUT2D eigenvalue weighted by molar-refractivity contribution is 5.89. The third-order valence-corrected chi connectivity index (χ3v) is 7.46. The monoisotopic (exact) mass is 437 g/mol. The number of piperazine rings is 1. The second-order valence-electron chi connectivity index (χ2n) is 9.64. The number of nitrogens with zero attached hydrogens (tertiary/aromatic N) is 5. The maximum Gasteiger partial charge on any atom is 0.0892 e. The van der Waals surface area contributed by atoms with Gasteiger partial charge in [0.15, 0.2) is 0 Å². The van der Waals surface area contributed by atoms with Crippen molar-refractivity contribution in [3.63, 3.8) is 0 Å². The van der Waals surface area contributed by atoms with Crippen LogP contribution in [0.4, 0.5) is 0 Å². The van der Waals surface area contributed by atoms with Crippen molar-refractivity contribution in [1.82, 2.24) is 24.8 Å². The van der Waals surface area contributed by atoms with Gasteiger partial charge in [-0.15, -0.1) is 0 Å². The number of fused-ring (bicyclic) bond motifs is 2. The quantitative estimate of drug-likeness (QED) is 0.599. The summed E-state index contributed by atoms with van der Waals surface area (Å²) in [6.07, 6.45) is 16.8. The molecule has 0 amide bonds. The van der Waals surface area contributed by atoms with Gasteiger partial charge in [0, 0.05) is 69.3 Å². The number of likely N-dealkylation sites (N-methyl/N-ethyl adjacent to an activating group) is 1. The molecule has 1 saturated heterocycles. The Morgan fingerprint density at radius 2 is 1.73 bits per heavy atom. The van der Waals surface area contributed by atoms with E-state index in [1.807, 2.05) is 6.20 Å². The summed E-state index contributed by atoms with van der Waals surface area (Å²) in [5, 5.41) is 0. The summed E-state index contributed by atoms with van der Waals surface area (Å²) in [5.41, 5.74) is 9.22. The topological polar surface area (TPSA) is 45.2 Å². The van der Waals surface area contributed by atoms with Gasteiger partial charge in [-0.2, -0.15) is 0 Å². The number of pyridine rings is 1. The van der Waals surface area contributed by atoms with E-state index in [9.17, 15) is 0 Å². The average Bonchev–Trinajstić information content (AvgIpc) is 3.28. The molecule has 1 unspecified atom stereocenters. The van der Waals surface area contributed by atoms with E-state index in [4.69, 9.17) is 4.98 Å². The first-order valence-corrected chi connectivity index (χ1v) is 11.8. The lowest BCUT2D eigenvalue weighted by Gasteiger charge is -2.44. The molecular formula is C28H31N5. The first kappa shape index (κ1) is 20.5. The van der Waals surface area contributed by atoms with Gasteiger partial charge >= 0.3 is 0 Å². The summed E-state index contributed by atoms with van der Waals surface area (Å²) in [6, 6.07) is 8.65. The van der Waals surface area contributed by atoms with Crippen molar-refractivity contribution in [3.05, 3.63) is 89.5 Å². The van der Waals surface area contributed by atoms with Gasteiger partial charge in [0.2, 0.25) is 0 Å². The van der Waals surface area contributed by atoms with E-state index >= 15 is 0 Å². The fourth-order valence-electron chi connectivity index (χ4n) is 5.25.